The lowest BCUT2D eigenvalue weighted by Crippen LogP contribution is -2.36. The van der Waals surface area contributed by atoms with Crippen molar-refractivity contribution < 1.29 is 22.7 Å². The molecule has 2 N–H and O–H groups in total. The van der Waals surface area contributed by atoms with Crippen LogP contribution < -0.4 is 15.4 Å². The van der Waals surface area contributed by atoms with Crippen molar-refractivity contribution in [2.45, 2.75) is 50.8 Å². The molecule has 3 heterocycles. The minimum atomic E-state index is -4.59. The number of carbonyl (C=O) groups is 1. The van der Waals surface area contributed by atoms with E-state index in [2.05, 4.69) is 32.5 Å². The maximum Gasteiger partial charge on any atom is 0.421 e. The molecule has 0 aliphatic carbocycles. The molecular weight excluding hydrogens is 473 g/mol. The number of aromatic nitrogens is 2. The van der Waals surface area contributed by atoms with Crippen molar-refractivity contribution in [3.05, 3.63) is 36.0 Å². The Labute approximate surface area is 209 Å². The van der Waals surface area contributed by atoms with E-state index in [1.54, 1.807) is 17.0 Å². The fraction of sp³-hybridized carbons (Fsp3) is 0.560. The molecule has 0 saturated carbocycles. The number of benzene rings is 1. The van der Waals surface area contributed by atoms with Gasteiger partial charge in [0.1, 0.15) is 23.2 Å². The molecule has 2 saturated heterocycles. The van der Waals surface area contributed by atoms with Crippen LogP contribution in [0.5, 0.6) is 5.75 Å². The molecule has 2 fully saturated rings. The number of carbonyl (C=O) groups excluding carboxylic acids is 1. The zero-order valence-electron chi connectivity index (χ0n) is 20.5. The molecule has 4 rings (SSSR count). The van der Waals surface area contributed by atoms with Crippen LogP contribution in [0.3, 0.4) is 0 Å². The van der Waals surface area contributed by atoms with Gasteiger partial charge in [-0.05, 0) is 51.3 Å². The molecule has 36 heavy (non-hydrogen) atoms. The normalized spacial score (nSPS) is 17.8. The Balaban J connectivity index is 1.38. The van der Waals surface area contributed by atoms with Gasteiger partial charge in [0.2, 0.25) is 11.9 Å². The summed E-state index contributed by atoms with van der Waals surface area (Å²) >= 11 is 0. The molecule has 0 atom stereocenters. The number of piperidine rings is 2. The Morgan fingerprint density at radius 2 is 1.97 bits per heavy atom. The zero-order valence-corrected chi connectivity index (χ0v) is 20.5. The average Bonchev–Trinajstić information content (AvgIpc) is 2.84. The molecule has 1 aromatic carbocycles. The molecule has 0 spiro atoms. The second-order valence-electron chi connectivity index (χ2n) is 9.35. The molecule has 8 nitrogen and oxygen atoms in total. The fourth-order valence-electron chi connectivity index (χ4n) is 4.43. The van der Waals surface area contributed by atoms with Crippen molar-refractivity contribution in [3.8, 4) is 5.75 Å². The number of rotatable bonds is 9. The van der Waals surface area contributed by atoms with Crippen LogP contribution in [-0.4, -0.2) is 71.6 Å². The first kappa shape index (κ1) is 26.0. The number of nitrogens with zero attached hydrogens (tertiary/aromatic N) is 4. The predicted molar refractivity (Wildman–Crippen MR) is 131 cm³/mol. The third-order valence-electron chi connectivity index (χ3n) is 6.47. The second kappa shape index (κ2) is 11.8. The summed E-state index contributed by atoms with van der Waals surface area (Å²) in [7, 11) is 2.09. The van der Waals surface area contributed by atoms with Crippen LogP contribution in [0.1, 0.15) is 44.1 Å². The SMILES string of the molecule is CN1CCC(Oc2cccc(Nc3ncc(C(F)(F)F)c(NCCCN4CCCCC4=O)n3)c2)CC1. The largest absolute Gasteiger partial charge is 0.490 e. The van der Waals surface area contributed by atoms with Gasteiger partial charge in [-0.2, -0.15) is 18.2 Å². The van der Waals surface area contributed by atoms with Gasteiger partial charge in [0.05, 0.1) is 0 Å². The molecule has 196 valence electrons. The second-order valence-corrected chi connectivity index (χ2v) is 9.35. The molecule has 11 heteroatoms. The van der Waals surface area contributed by atoms with E-state index in [9.17, 15) is 18.0 Å². The summed E-state index contributed by atoms with van der Waals surface area (Å²) in [5.74, 6) is 0.553. The van der Waals surface area contributed by atoms with Gasteiger partial charge in [-0.3, -0.25) is 4.79 Å². The Morgan fingerprint density at radius 3 is 2.72 bits per heavy atom. The van der Waals surface area contributed by atoms with E-state index >= 15 is 0 Å². The summed E-state index contributed by atoms with van der Waals surface area (Å²) in [6.45, 7) is 3.42. The van der Waals surface area contributed by atoms with Crippen molar-refractivity contribution in [2.24, 2.45) is 0 Å². The third kappa shape index (κ3) is 7.22. The van der Waals surface area contributed by atoms with Crippen molar-refractivity contribution in [3.63, 3.8) is 0 Å². The van der Waals surface area contributed by atoms with Gasteiger partial charge in [-0.15, -0.1) is 0 Å². The monoisotopic (exact) mass is 506 g/mol. The lowest BCUT2D eigenvalue weighted by molar-refractivity contribution is -0.137. The van der Waals surface area contributed by atoms with E-state index in [0.29, 0.717) is 37.4 Å². The van der Waals surface area contributed by atoms with Crippen LogP contribution in [0.25, 0.3) is 0 Å². The van der Waals surface area contributed by atoms with Crippen LogP contribution >= 0.6 is 0 Å². The van der Waals surface area contributed by atoms with Gasteiger partial charge in [0.25, 0.3) is 0 Å². The van der Waals surface area contributed by atoms with Gasteiger partial charge in [0, 0.05) is 57.1 Å². The maximum absolute atomic E-state index is 13.5. The summed E-state index contributed by atoms with van der Waals surface area (Å²) in [5, 5.41) is 5.78. The van der Waals surface area contributed by atoms with Crippen LogP contribution in [0.4, 0.5) is 30.6 Å². The van der Waals surface area contributed by atoms with Gasteiger partial charge in [-0.1, -0.05) is 6.07 Å². The van der Waals surface area contributed by atoms with Gasteiger partial charge < -0.3 is 25.2 Å². The standard InChI is InChI=1S/C25H33F3N6O2/c1-33-14-9-19(10-15-33)36-20-7-4-6-18(16-20)31-24-30-17-21(25(26,27)28)23(32-24)29-11-5-13-34-12-3-2-8-22(34)35/h4,6-7,16-17,19H,2-3,5,8-15H2,1H3,(H2,29,30,31,32). The van der Waals surface area contributed by atoms with Crippen molar-refractivity contribution in [2.75, 3.05) is 50.4 Å². The Kier molecular flexibility index (Phi) is 8.50. The predicted octanol–water partition coefficient (Wildman–Crippen LogP) is 4.53. The number of halogens is 3. The van der Waals surface area contributed by atoms with E-state index in [1.807, 2.05) is 12.1 Å². The number of nitrogens with one attached hydrogen (secondary N) is 2. The van der Waals surface area contributed by atoms with Crippen molar-refractivity contribution in [1.29, 1.82) is 0 Å². The maximum atomic E-state index is 13.5. The third-order valence-corrected chi connectivity index (χ3v) is 6.47. The Hall–Kier alpha value is -3.08. The molecule has 2 aliphatic rings. The summed E-state index contributed by atoms with van der Waals surface area (Å²) < 4.78 is 46.7. The minimum absolute atomic E-state index is 0.0492. The number of hydrogen-bond acceptors (Lipinski definition) is 7. The highest BCUT2D eigenvalue weighted by molar-refractivity contribution is 5.76. The van der Waals surface area contributed by atoms with E-state index in [0.717, 1.165) is 45.0 Å². The number of anilines is 3. The zero-order chi connectivity index (χ0) is 25.5. The molecular formula is C25H33F3N6O2. The molecule has 0 bridgehead atoms. The number of hydrogen-bond donors (Lipinski definition) is 2. The topological polar surface area (TPSA) is 82.6 Å². The first-order chi connectivity index (χ1) is 17.3. The van der Waals surface area contributed by atoms with Gasteiger partial charge in [0.15, 0.2) is 0 Å². The van der Waals surface area contributed by atoms with E-state index in [-0.39, 0.29) is 30.3 Å². The molecule has 2 aromatic rings. The van der Waals surface area contributed by atoms with E-state index in [1.165, 1.54) is 0 Å². The van der Waals surface area contributed by atoms with Crippen molar-refractivity contribution in [1.82, 2.24) is 19.8 Å². The van der Waals surface area contributed by atoms with Gasteiger partial charge >= 0.3 is 6.18 Å². The van der Waals surface area contributed by atoms with E-state index in [4.69, 9.17) is 4.74 Å². The summed E-state index contributed by atoms with van der Waals surface area (Å²) in [5.41, 5.74) is -0.309. The average molecular weight is 507 g/mol. The van der Waals surface area contributed by atoms with Crippen LogP contribution in [-0.2, 0) is 11.0 Å². The first-order valence-corrected chi connectivity index (χ1v) is 12.5. The Bertz CT molecular complexity index is 1030. The Morgan fingerprint density at radius 1 is 1.17 bits per heavy atom. The number of alkyl halides is 3. The lowest BCUT2D eigenvalue weighted by Gasteiger charge is -2.29. The van der Waals surface area contributed by atoms with Crippen LogP contribution in [0.2, 0.25) is 0 Å². The van der Waals surface area contributed by atoms with Crippen LogP contribution in [0.15, 0.2) is 30.5 Å². The highest BCUT2D eigenvalue weighted by Gasteiger charge is 2.35. The van der Waals surface area contributed by atoms with Gasteiger partial charge in [-0.25, -0.2) is 4.98 Å². The molecule has 2 aliphatic heterocycles. The lowest BCUT2D eigenvalue weighted by atomic mass is 10.1. The molecule has 0 unspecified atom stereocenters. The highest BCUT2D eigenvalue weighted by atomic mass is 19.4. The fourth-order valence-corrected chi connectivity index (χ4v) is 4.43. The minimum Gasteiger partial charge on any atom is -0.490 e. The molecule has 1 amide bonds. The van der Waals surface area contributed by atoms with Crippen molar-refractivity contribution >= 4 is 23.4 Å². The summed E-state index contributed by atoms with van der Waals surface area (Å²) in [4.78, 5) is 23.9. The summed E-state index contributed by atoms with van der Waals surface area (Å²) in [6.07, 6.45) is 1.12. The number of ether oxygens (including phenoxy) is 1. The summed E-state index contributed by atoms with van der Waals surface area (Å²) in [6, 6.07) is 7.25. The first-order valence-electron chi connectivity index (χ1n) is 12.5. The molecule has 0 radical (unpaired) electrons. The quantitative estimate of drug-likeness (QED) is 0.484. The molecule has 1 aromatic heterocycles. The number of likely N-dealkylation sites (tertiary alicyclic amines) is 2. The number of amides is 1. The van der Waals surface area contributed by atoms with E-state index < -0.39 is 11.7 Å². The van der Waals surface area contributed by atoms with Crippen LogP contribution in [0, 0.1) is 0 Å². The highest BCUT2D eigenvalue weighted by Crippen LogP contribution is 2.34. The smallest absolute Gasteiger partial charge is 0.421 e.